The summed E-state index contributed by atoms with van der Waals surface area (Å²) in [6.07, 6.45) is -2.01. The van der Waals surface area contributed by atoms with Gasteiger partial charge in [-0.3, -0.25) is 0 Å². The Hall–Kier alpha value is -0.480. The zero-order valence-electron chi connectivity index (χ0n) is 5.90. The van der Waals surface area contributed by atoms with Crippen LogP contribution in [0.4, 0.5) is 13.2 Å². The van der Waals surface area contributed by atoms with E-state index in [0.717, 1.165) is 18.2 Å². The van der Waals surface area contributed by atoms with Crippen molar-refractivity contribution in [1.82, 2.24) is 0 Å². The van der Waals surface area contributed by atoms with Gasteiger partial charge in [-0.25, -0.2) is 0 Å². The van der Waals surface area contributed by atoms with Crippen molar-refractivity contribution in [3.63, 3.8) is 0 Å². The topological polar surface area (TPSA) is 20.2 Å². The second-order valence-corrected chi connectivity index (χ2v) is 3.17. The Morgan fingerprint density at radius 1 is 1.50 bits per heavy atom. The number of hydrogen-bond acceptors (Lipinski definition) is 1. The van der Waals surface area contributed by atoms with Crippen molar-refractivity contribution < 1.29 is 18.3 Å². The van der Waals surface area contributed by atoms with Crippen LogP contribution in [0.1, 0.15) is 6.42 Å². The summed E-state index contributed by atoms with van der Waals surface area (Å²) in [4.78, 5) is 0. The molecule has 5 heteroatoms. The van der Waals surface area contributed by atoms with Crippen LogP contribution < -0.4 is 0 Å². The van der Waals surface area contributed by atoms with Crippen LogP contribution in [0.25, 0.3) is 0 Å². The smallest absolute Gasteiger partial charge is 0.371 e. The lowest BCUT2D eigenvalue weighted by atomic mass is 10.0. The molecule has 1 N–H and O–H groups in total. The number of hydrogen-bond donors (Lipinski definition) is 1. The maximum atomic E-state index is 11.9. The van der Waals surface area contributed by atoms with Crippen LogP contribution in [0.15, 0.2) is 23.8 Å². The predicted octanol–water partition coefficient (Wildman–Crippen LogP) is 2.36. The molecule has 0 saturated carbocycles. The van der Waals surface area contributed by atoms with Crippen molar-refractivity contribution in [3.8, 4) is 0 Å². The summed E-state index contributed by atoms with van der Waals surface area (Å²) >= 11 is 5.34. The molecular formula is C7H6ClF3O. The van der Waals surface area contributed by atoms with Crippen molar-refractivity contribution in [2.45, 2.75) is 17.7 Å². The number of alkyl halides is 4. The highest BCUT2D eigenvalue weighted by atomic mass is 35.5. The second kappa shape index (κ2) is 2.78. The highest BCUT2D eigenvalue weighted by Crippen LogP contribution is 2.33. The van der Waals surface area contributed by atoms with E-state index in [1.165, 1.54) is 0 Å². The first-order valence-corrected chi connectivity index (χ1v) is 3.57. The Morgan fingerprint density at radius 2 is 2.08 bits per heavy atom. The van der Waals surface area contributed by atoms with Gasteiger partial charge in [0.2, 0.25) is 0 Å². The first kappa shape index (κ1) is 9.61. The van der Waals surface area contributed by atoms with Gasteiger partial charge in [0, 0.05) is 6.42 Å². The van der Waals surface area contributed by atoms with E-state index >= 15 is 0 Å². The molecule has 0 aliphatic heterocycles. The summed E-state index contributed by atoms with van der Waals surface area (Å²) in [5.74, 6) is 0. The third kappa shape index (κ3) is 2.25. The van der Waals surface area contributed by atoms with E-state index in [1.54, 1.807) is 0 Å². The van der Waals surface area contributed by atoms with Gasteiger partial charge in [0.25, 0.3) is 0 Å². The van der Waals surface area contributed by atoms with Crippen molar-refractivity contribution in [2.75, 3.05) is 0 Å². The fraction of sp³-hybridized carbons (Fsp3) is 0.429. The van der Waals surface area contributed by atoms with Crippen LogP contribution in [0.5, 0.6) is 0 Å². The molecule has 1 rings (SSSR count). The first-order chi connectivity index (χ1) is 5.31. The van der Waals surface area contributed by atoms with E-state index < -0.39 is 16.8 Å². The van der Waals surface area contributed by atoms with Gasteiger partial charge in [0.15, 0.2) is 5.06 Å². The van der Waals surface area contributed by atoms with E-state index in [4.69, 9.17) is 16.7 Å². The van der Waals surface area contributed by atoms with Gasteiger partial charge in [0.05, 0.1) is 5.57 Å². The molecule has 1 unspecified atom stereocenters. The molecule has 1 nitrogen and oxygen atoms in total. The van der Waals surface area contributed by atoms with Crippen LogP contribution >= 0.6 is 11.6 Å². The molecule has 1 aliphatic carbocycles. The Morgan fingerprint density at radius 3 is 2.42 bits per heavy atom. The van der Waals surface area contributed by atoms with Gasteiger partial charge >= 0.3 is 6.18 Å². The Labute approximate surface area is 72.1 Å². The molecule has 0 aromatic heterocycles. The molecule has 0 radical (unpaired) electrons. The second-order valence-electron chi connectivity index (χ2n) is 2.51. The molecule has 0 fully saturated rings. The summed E-state index contributed by atoms with van der Waals surface area (Å²) in [5, 5.41) is 7.37. The number of allylic oxidation sites excluding steroid dienone is 2. The van der Waals surface area contributed by atoms with Crippen molar-refractivity contribution in [2.24, 2.45) is 0 Å². The minimum Gasteiger partial charge on any atom is -0.371 e. The summed E-state index contributed by atoms with van der Waals surface area (Å²) in [5.41, 5.74) is -0.771. The van der Waals surface area contributed by atoms with Gasteiger partial charge in [-0.1, -0.05) is 23.8 Å². The monoisotopic (exact) mass is 198 g/mol. The fourth-order valence-electron chi connectivity index (χ4n) is 0.817. The fourth-order valence-corrected chi connectivity index (χ4v) is 0.957. The minimum atomic E-state index is -4.36. The van der Waals surface area contributed by atoms with Crippen LogP contribution in [0.3, 0.4) is 0 Å². The summed E-state index contributed by atoms with van der Waals surface area (Å²) in [7, 11) is 0. The Kier molecular flexibility index (Phi) is 2.23. The average Bonchev–Trinajstić information content (AvgIpc) is 1.83. The van der Waals surface area contributed by atoms with Gasteiger partial charge in [-0.05, 0) is 6.08 Å². The lowest BCUT2D eigenvalue weighted by Gasteiger charge is -2.19. The van der Waals surface area contributed by atoms with Gasteiger partial charge in [-0.2, -0.15) is 13.2 Å². The van der Waals surface area contributed by atoms with Gasteiger partial charge in [-0.15, -0.1) is 0 Å². The standard InChI is InChI=1S/C7H6ClF3O/c8-6(12)3-1-5(2-4-6)7(9,10)11/h1-3,12H,4H2. The first-order valence-electron chi connectivity index (χ1n) is 3.19. The zero-order valence-corrected chi connectivity index (χ0v) is 6.65. The van der Waals surface area contributed by atoms with Crippen LogP contribution in [0.2, 0.25) is 0 Å². The maximum Gasteiger partial charge on any atom is 0.416 e. The van der Waals surface area contributed by atoms with Crippen LogP contribution in [-0.4, -0.2) is 16.3 Å². The minimum absolute atomic E-state index is 0.222. The van der Waals surface area contributed by atoms with E-state index in [9.17, 15) is 13.2 Å². The predicted molar refractivity (Wildman–Crippen MR) is 38.7 cm³/mol. The van der Waals surface area contributed by atoms with Crippen molar-refractivity contribution >= 4 is 11.6 Å². The lowest BCUT2D eigenvalue weighted by Crippen LogP contribution is -2.21. The van der Waals surface area contributed by atoms with Crippen LogP contribution in [-0.2, 0) is 0 Å². The highest BCUT2D eigenvalue weighted by Gasteiger charge is 2.35. The molecule has 1 aliphatic rings. The summed E-state index contributed by atoms with van der Waals surface area (Å²) in [6, 6.07) is 0. The molecule has 0 aromatic carbocycles. The third-order valence-electron chi connectivity index (χ3n) is 1.45. The molecule has 12 heavy (non-hydrogen) atoms. The third-order valence-corrected chi connectivity index (χ3v) is 1.73. The molecule has 0 heterocycles. The van der Waals surface area contributed by atoms with Gasteiger partial charge < -0.3 is 5.11 Å². The molecule has 68 valence electrons. The quantitative estimate of drug-likeness (QED) is 0.593. The summed E-state index contributed by atoms with van der Waals surface area (Å²) in [6.45, 7) is 0. The largest absolute Gasteiger partial charge is 0.416 e. The zero-order chi connectivity index (χ0) is 9.41. The summed E-state index contributed by atoms with van der Waals surface area (Å²) < 4.78 is 35.8. The van der Waals surface area contributed by atoms with Crippen LogP contribution in [0, 0.1) is 0 Å². The number of aliphatic hydroxyl groups is 1. The Balaban J connectivity index is 2.78. The van der Waals surface area contributed by atoms with E-state index in [1.807, 2.05) is 0 Å². The molecule has 0 amide bonds. The molecule has 0 aromatic rings. The molecule has 1 atom stereocenters. The Bertz CT molecular complexity index is 240. The van der Waals surface area contributed by atoms with Crippen molar-refractivity contribution in [3.05, 3.63) is 23.8 Å². The average molecular weight is 199 g/mol. The normalized spacial score (nSPS) is 30.2. The number of rotatable bonds is 0. The van der Waals surface area contributed by atoms with E-state index in [-0.39, 0.29) is 6.42 Å². The molecule has 0 bridgehead atoms. The molecular weight excluding hydrogens is 193 g/mol. The maximum absolute atomic E-state index is 11.9. The van der Waals surface area contributed by atoms with Crippen molar-refractivity contribution in [1.29, 1.82) is 0 Å². The molecule has 0 spiro atoms. The lowest BCUT2D eigenvalue weighted by molar-refractivity contribution is -0.0889. The van der Waals surface area contributed by atoms with E-state index in [2.05, 4.69) is 0 Å². The van der Waals surface area contributed by atoms with E-state index in [0.29, 0.717) is 0 Å². The highest BCUT2D eigenvalue weighted by molar-refractivity contribution is 6.24. The number of halogens is 4. The SMILES string of the molecule is OC1(Cl)C=CC(C(F)(F)F)=CC1. The molecule has 0 saturated heterocycles. The van der Waals surface area contributed by atoms with Gasteiger partial charge in [0.1, 0.15) is 0 Å².